The Hall–Kier alpha value is -1.75. The van der Waals surface area contributed by atoms with Crippen LogP contribution in [-0.4, -0.2) is 60.8 Å². The van der Waals surface area contributed by atoms with Crippen molar-refractivity contribution in [2.24, 2.45) is 0 Å². The molecule has 21 heavy (non-hydrogen) atoms. The number of benzene rings is 1. The van der Waals surface area contributed by atoms with Gasteiger partial charge in [0.25, 0.3) is 0 Å². The first-order valence-corrected chi connectivity index (χ1v) is 7.43. The van der Waals surface area contributed by atoms with Crippen LogP contribution in [-0.2, 0) is 6.42 Å². The number of piperidine rings is 1. The van der Waals surface area contributed by atoms with Crippen molar-refractivity contribution in [2.75, 3.05) is 33.7 Å². The average Bonchev–Trinajstić information content (AvgIpc) is 2.47. The zero-order valence-electron chi connectivity index (χ0n) is 12.8. The van der Waals surface area contributed by atoms with Gasteiger partial charge in [-0.15, -0.1) is 0 Å². The van der Waals surface area contributed by atoms with Crippen molar-refractivity contribution < 1.29 is 14.6 Å². The number of ether oxygens (including phenoxy) is 1. The number of likely N-dealkylation sites (tertiary alicyclic amines) is 1. The van der Waals surface area contributed by atoms with Crippen LogP contribution in [0.4, 0.5) is 4.79 Å². The Kier molecular flexibility index (Phi) is 5.44. The third kappa shape index (κ3) is 4.93. The molecular weight excluding hydrogens is 268 g/mol. The van der Waals surface area contributed by atoms with Gasteiger partial charge in [-0.2, -0.15) is 0 Å². The van der Waals surface area contributed by atoms with Crippen molar-refractivity contribution in [1.29, 1.82) is 0 Å². The Bertz CT molecular complexity index is 451. The molecule has 0 aromatic heterocycles. The number of nitrogens with zero attached hydrogens (tertiary/aromatic N) is 2. The Labute approximate surface area is 126 Å². The SMILES string of the molecule is CN(C)CCc1ccc(OC2CCN(C(=O)O)CC2)cc1. The van der Waals surface area contributed by atoms with E-state index in [9.17, 15) is 4.79 Å². The molecule has 5 nitrogen and oxygen atoms in total. The summed E-state index contributed by atoms with van der Waals surface area (Å²) in [7, 11) is 4.14. The van der Waals surface area contributed by atoms with E-state index in [-0.39, 0.29) is 6.10 Å². The van der Waals surface area contributed by atoms with Gasteiger partial charge in [0.2, 0.25) is 0 Å². The molecular formula is C16H24N2O3. The van der Waals surface area contributed by atoms with Gasteiger partial charge < -0.3 is 19.6 Å². The maximum atomic E-state index is 10.8. The number of rotatable bonds is 5. The van der Waals surface area contributed by atoms with Crippen LogP contribution < -0.4 is 4.74 Å². The predicted octanol–water partition coefficient (Wildman–Crippen LogP) is 2.31. The van der Waals surface area contributed by atoms with E-state index in [1.54, 1.807) is 0 Å². The summed E-state index contributed by atoms with van der Waals surface area (Å²) in [5.41, 5.74) is 1.30. The summed E-state index contributed by atoms with van der Waals surface area (Å²) in [4.78, 5) is 14.5. The highest BCUT2D eigenvalue weighted by Gasteiger charge is 2.23. The lowest BCUT2D eigenvalue weighted by Crippen LogP contribution is -2.41. The van der Waals surface area contributed by atoms with Gasteiger partial charge in [0, 0.05) is 32.5 Å². The van der Waals surface area contributed by atoms with Gasteiger partial charge in [-0.05, 0) is 38.2 Å². The minimum Gasteiger partial charge on any atom is -0.490 e. The van der Waals surface area contributed by atoms with Gasteiger partial charge >= 0.3 is 6.09 Å². The molecule has 5 heteroatoms. The fourth-order valence-electron chi connectivity index (χ4n) is 2.44. The Morgan fingerprint density at radius 3 is 2.43 bits per heavy atom. The van der Waals surface area contributed by atoms with Gasteiger partial charge in [0.1, 0.15) is 11.9 Å². The molecule has 0 saturated carbocycles. The number of carboxylic acid groups (broad SMARTS) is 1. The van der Waals surface area contributed by atoms with Gasteiger partial charge in [0.05, 0.1) is 0 Å². The molecule has 1 amide bonds. The molecule has 1 aliphatic heterocycles. The molecule has 116 valence electrons. The van der Waals surface area contributed by atoms with Crippen LogP contribution in [0.1, 0.15) is 18.4 Å². The highest BCUT2D eigenvalue weighted by Crippen LogP contribution is 2.20. The minimum absolute atomic E-state index is 0.119. The molecule has 1 N–H and O–H groups in total. The van der Waals surface area contributed by atoms with Crippen LogP contribution >= 0.6 is 0 Å². The first-order valence-electron chi connectivity index (χ1n) is 7.43. The number of amides is 1. The fourth-order valence-corrected chi connectivity index (χ4v) is 2.44. The monoisotopic (exact) mass is 292 g/mol. The Balaban J connectivity index is 1.80. The highest BCUT2D eigenvalue weighted by molar-refractivity contribution is 5.65. The van der Waals surface area contributed by atoms with Crippen LogP contribution in [0.2, 0.25) is 0 Å². The molecule has 1 fully saturated rings. The van der Waals surface area contributed by atoms with Crippen molar-refractivity contribution in [2.45, 2.75) is 25.4 Å². The van der Waals surface area contributed by atoms with Crippen LogP contribution in [0, 0.1) is 0 Å². The largest absolute Gasteiger partial charge is 0.490 e. The third-order valence-corrected chi connectivity index (χ3v) is 3.79. The smallest absolute Gasteiger partial charge is 0.407 e. The number of carbonyl (C=O) groups is 1. The van der Waals surface area contributed by atoms with E-state index in [4.69, 9.17) is 9.84 Å². The third-order valence-electron chi connectivity index (χ3n) is 3.79. The quantitative estimate of drug-likeness (QED) is 0.905. The van der Waals surface area contributed by atoms with Gasteiger partial charge in [0.15, 0.2) is 0 Å². The number of hydrogen-bond donors (Lipinski definition) is 1. The second kappa shape index (κ2) is 7.31. The van der Waals surface area contributed by atoms with E-state index in [0.29, 0.717) is 13.1 Å². The molecule has 1 aromatic rings. The van der Waals surface area contributed by atoms with Crippen molar-refractivity contribution in [3.63, 3.8) is 0 Å². The number of likely N-dealkylation sites (N-methyl/N-ethyl adjacent to an activating group) is 1. The van der Waals surface area contributed by atoms with Crippen LogP contribution in [0.3, 0.4) is 0 Å². The molecule has 0 spiro atoms. The second-order valence-corrected chi connectivity index (χ2v) is 5.78. The van der Waals surface area contributed by atoms with E-state index in [1.807, 2.05) is 12.1 Å². The summed E-state index contributed by atoms with van der Waals surface area (Å²) in [6, 6.07) is 8.22. The standard InChI is InChI=1S/C16H24N2O3/c1-17(2)10-7-13-3-5-14(6-4-13)21-15-8-11-18(12-9-15)16(19)20/h3-6,15H,7-12H2,1-2H3,(H,19,20). The molecule has 1 heterocycles. The van der Waals surface area contributed by atoms with E-state index < -0.39 is 6.09 Å². The summed E-state index contributed by atoms with van der Waals surface area (Å²) < 4.78 is 5.93. The summed E-state index contributed by atoms with van der Waals surface area (Å²) in [6.07, 6.45) is 1.83. The van der Waals surface area contributed by atoms with Crippen molar-refractivity contribution in [1.82, 2.24) is 9.80 Å². The summed E-state index contributed by atoms with van der Waals surface area (Å²) >= 11 is 0. The molecule has 0 unspecified atom stereocenters. The maximum Gasteiger partial charge on any atom is 0.407 e. The molecule has 0 bridgehead atoms. The first-order chi connectivity index (χ1) is 10.0. The lowest BCUT2D eigenvalue weighted by atomic mass is 10.1. The molecule has 2 rings (SSSR count). The normalized spacial score (nSPS) is 16.2. The zero-order valence-corrected chi connectivity index (χ0v) is 12.8. The maximum absolute atomic E-state index is 10.8. The Morgan fingerprint density at radius 2 is 1.90 bits per heavy atom. The van der Waals surface area contributed by atoms with Crippen LogP contribution in [0.5, 0.6) is 5.75 Å². The Morgan fingerprint density at radius 1 is 1.29 bits per heavy atom. The van der Waals surface area contributed by atoms with Crippen molar-refractivity contribution >= 4 is 6.09 Å². The van der Waals surface area contributed by atoms with E-state index >= 15 is 0 Å². The van der Waals surface area contributed by atoms with E-state index in [2.05, 4.69) is 31.1 Å². The van der Waals surface area contributed by atoms with Gasteiger partial charge in [-0.25, -0.2) is 4.79 Å². The van der Waals surface area contributed by atoms with Crippen LogP contribution in [0.15, 0.2) is 24.3 Å². The summed E-state index contributed by atoms with van der Waals surface area (Å²) in [5, 5.41) is 8.92. The molecule has 0 atom stereocenters. The number of hydrogen-bond acceptors (Lipinski definition) is 3. The average molecular weight is 292 g/mol. The zero-order chi connectivity index (χ0) is 15.2. The first kappa shape index (κ1) is 15.6. The molecule has 0 radical (unpaired) electrons. The second-order valence-electron chi connectivity index (χ2n) is 5.78. The van der Waals surface area contributed by atoms with Crippen LogP contribution in [0.25, 0.3) is 0 Å². The lowest BCUT2D eigenvalue weighted by Gasteiger charge is -2.30. The van der Waals surface area contributed by atoms with Gasteiger partial charge in [-0.1, -0.05) is 12.1 Å². The molecule has 1 saturated heterocycles. The van der Waals surface area contributed by atoms with Crippen molar-refractivity contribution in [3.05, 3.63) is 29.8 Å². The lowest BCUT2D eigenvalue weighted by molar-refractivity contribution is 0.0894. The van der Waals surface area contributed by atoms with Gasteiger partial charge in [-0.3, -0.25) is 0 Å². The molecule has 0 aliphatic carbocycles. The van der Waals surface area contributed by atoms with E-state index in [1.165, 1.54) is 10.5 Å². The predicted molar refractivity (Wildman–Crippen MR) is 81.9 cm³/mol. The van der Waals surface area contributed by atoms with E-state index in [0.717, 1.165) is 31.6 Å². The van der Waals surface area contributed by atoms with Crippen molar-refractivity contribution in [3.8, 4) is 5.75 Å². The molecule has 1 aliphatic rings. The molecule has 1 aromatic carbocycles. The summed E-state index contributed by atoms with van der Waals surface area (Å²) in [6.45, 7) is 2.15. The minimum atomic E-state index is -0.835. The summed E-state index contributed by atoms with van der Waals surface area (Å²) in [5.74, 6) is 0.873. The fraction of sp³-hybridized carbons (Fsp3) is 0.562. The highest BCUT2D eigenvalue weighted by atomic mass is 16.5. The topological polar surface area (TPSA) is 53.0 Å².